The third-order valence-corrected chi connectivity index (χ3v) is 4.08. The van der Waals surface area contributed by atoms with E-state index in [1.807, 2.05) is 0 Å². The molecule has 2 rings (SSSR count). The molecular weight excluding hydrogens is 208 g/mol. The van der Waals surface area contributed by atoms with E-state index in [4.69, 9.17) is 5.73 Å². The molecule has 2 unspecified atom stereocenters. The maximum Gasteiger partial charge on any atom is 0.0297 e. The normalized spacial score (nSPS) is 26.1. The number of nitrogens with two attached hydrogens (primary N) is 1. The van der Waals surface area contributed by atoms with E-state index in [-0.39, 0.29) is 0 Å². The highest BCUT2D eigenvalue weighted by molar-refractivity contribution is 5.28. The summed E-state index contributed by atoms with van der Waals surface area (Å²) < 4.78 is 0. The molecule has 94 valence electrons. The molecule has 0 bridgehead atoms. The van der Waals surface area contributed by atoms with Crippen LogP contribution in [-0.4, -0.2) is 12.6 Å². The predicted molar refractivity (Wildman–Crippen MR) is 72.9 cm³/mol. The minimum Gasteiger partial charge on any atom is -0.330 e. The van der Waals surface area contributed by atoms with E-state index in [1.54, 1.807) is 0 Å². The second kappa shape index (κ2) is 5.65. The maximum atomic E-state index is 5.83. The first-order chi connectivity index (χ1) is 8.22. The fourth-order valence-corrected chi connectivity index (χ4v) is 3.02. The third-order valence-electron chi connectivity index (χ3n) is 4.08. The van der Waals surface area contributed by atoms with Gasteiger partial charge in [-0.15, -0.1) is 0 Å². The molecule has 3 N–H and O–H groups in total. The Balaban J connectivity index is 2.01. The average Bonchev–Trinajstić information content (AvgIpc) is 2.76. The smallest absolute Gasteiger partial charge is 0.0297 e. The number of rotatable bonds is 4. The number of hydrogen-bond donors (Lipinski definition) is 2. The van der Waals surface area contributed by atoms with Gasteiger partial charge in [-0.2, -0.15) is 0 Å². The van der Waals surface area contributed by atoms with E-state index in [2.05, 4.69) is 43.4 Å². The standard InChI is InChI=1S/C15H24N2/c1-11-6-3-4-8-14(11)12(2)17-15-9-5-7-13(15)10-16/h3-4,6,8,12-13,15,17H,5,7,9-10,16H2,1-2H3/t12-,13?,15?/m1/s1. The van der Waals surface area contributed by atoms with Crippen molar-refractivity contribution < 1.29 is 0 Å². The summed E-state index contributed by atoms with van der Waals surface area (Å²) in [6.45, 7) is 5.26. The van der Waals surface area contributed by atoms with E-state index in [0.29, 0.717) is 18.0 Å². The summed E-state index contributed by atoms with van der Waals surface area (Å²) in [5, 5.41) is 3.76. The van der Waals surface area contributed by atoms with Crippen molar-refractivity contribution in [2.45, 2.75) is 45.2 Å². The van der Waals surface area contributed by atoms with Crippen molar-refractivity contribution in [1.82, 2.24) is 5.32 Å². The van der Waals surface area contributed by atoms with Crippen LogP contribution in [0.3, 0.4) is 0 Å². The van der Waals surface area contributed by atoms with Crippen molar-refractivity contribution in [2.24, 2.45) is 11.7 Å². The van der Waals surface area contributed by atoms with E-state index >= 15 is 0 Å². The van der Waals surface area contributed by atoms with Gasteiger partial charge in [0.05, 0.1) is 0 Å². The largest absolute Gasteiger partial charge is 0.330 e. The van der Waals surface area contributed by atoms with Gasteiger partial charge in [0.1, 0.15) is 0 Å². The van der Waals surface area contributed by atoms with Crippen molar-refractivity contribution in [2.75, 3.05) is 6.54 Å². The predicted octanol–water partition coefficient (Wildman–Crippen LogP) is 2.77. The van der Waals surface area contributed by atoms with E-state index in [0.717, 1.165) is 6.54 Å². The van der Waals surface area contributed by atoms with Crippen LogP contribution in [0.5, 0.6) is 0 Å². The highest BCUT2D eigenvalue weighted by Gasteiger charge is 2.27. The lowest BCUT2D eigenvalue weighted by Crippen LogP contribution is -2.37. The van der Waals surface area contributed by atoms with Gasteiger partial charge in [-0.05, 0) is 50.3 Å². The summed E-state index contributed by atoms with van der Waals surface area (Å²) in [7, 11) is 0. The van der Waals surface area contributed by atoms with Crippen molar-refractivity contribution in [3.8, 4) is 0 Å². The van der Waals surface area contributed by atoms with Crippen LogP contribution in [0.15, 0.2) is 24.3 Å². The molecule has 17 heavy (non-hydrogen) atoms. The SMILES string of the molecule is Cc1ccccc1[C@@H](C)NC1CCCC1CN. The summed E-state index contributed by atoms with van der Waals surface area (Å²) in [5.74, 6) is 0.668. The molecule has 1 aromatic rings. The molecule has 0 heterocycles. The molecule has 0 radical (unpaired) electrons. The van der Waals surface area contributed by atoms with Crippen LogP contribution in [0.25, 0.3) is 0 Å². The second-order valence-electron chi connectivity index (χ2n) is 5.28. The molecule has 2 nitrogen and oxygen atoms in total. The van der Waals surface area contributed by atoms with Crippen LogP contribution in [0.2, 0.25) is 0 Å². The van der Waals surface area contributed by atoms with E-state index < -0.39 is 0 Å². The Labute approximate surface area is 105 Å². The lowest BCUT2D eigenvalue weighted by atomic mass is 9.99. The quantitative estimate of drug-likeness (QED) is 0.837. The fraction of sp³-hybridized carbons (Fsp3) is 0.600. The molecule has 1 fully saturated rings. The Bertz CT molecular complexity index is 362. The summed E-state index contributed by atoms with van der Waals surface area (Å²) in [4.78, 5) is 0. The molecule has 0 aromatic heterocycles. The lowest BCUT2D eigenvalue weighted by molar-refractivity contribution is 0.373. The van der Waals surface area contributed by atoms with Crippen LogP contribution in [0.1, 0.15) is 43.4 Å². The summed E-state index contributed by atoms with van der Waals surface area (Å²) in [6.07, 6.45) is 3.88. The Hall–Kier alpha value is -0.860. The molecular formula is C15H24N2. The van der Waals surface area contributed by atoms with Crippen molar-refractivity contribution in [1.29, 1.82) is 0 Å². The minimum atomic E-state index is 0.424. The van der Waals surface area contributed by atoms with Gasteiger partial charge < -0.3 is 11.1 Å². The Kier molecular flexibility index (Phi) is 4.19. The Morgan fingerprint density at radius 3 is 2.82 bits per heavy atom. The van der Waals surface area contributed by atoms with Crippen LogP contribution >= 0.6 is 0 Å². The average molecular weight is 232 g/mol. The second-order valence-corrected chi connectivity index (χ2v) is 5.28. The Morgan fingerprint density at radius 2 is 2.12 bits per heavy atom. The third kappa shape index (κ3) is 2.88. The van der Waals surface area contributed by atoms with Gasteiger partial charge in [-0.1, -0.05) is 30.7 Å². The molecule has 0 spiro atoms. The Morgan fingerprint density at radius 1 is 1.35 bits per heavy atom. The van der Waals surface area contributed by atoms with Crippen molar-refractivity contribution in [3.63, 3.8) is 0 Å². The van der Waals surface area contributed by atoms with Gasteiger partial charge in [-0.25, -0.2) is 0 Å². The number of nitrogens with one attached hydrogen (secondary N) is 1. The zero-order valence-electron chi connectivity index (χ0n) is 10.9. The van der Waals surface area contributed by atoms with E-state index in [1.165, 1.54) is 30.4 Å². The summed E-state index contributed by atoms with van der Waals surface area (Å²) in [6, 6.07) is 9.66. The molecule has 0 amide bonds. The molecule has 1 aromatic carbocycles. The monoisotopic (exact) mass is 232 g/mol. The molecule has 1 aliphatic rings. The molecule has 3 atom stereocenters. The first-order valence-electron chi connectivity index (χ1n) is 6.74. The lowest BCUT2D eigenvalue weighted by Gasteiger charge is -2.25. The maximum absolute atomic E-state index is 5.83. The first kappa shape index (κ1) is 12.6. The highest BCUT2D eigenvalue weighted by atomic mass is 15.0. The fourth-order valence-electron chi connectivity index (χ4n) is 3.02. The minimum absolute atomic E-state index is 0.424. The first-order valence-corrected chi connectivity index (χ1v) is 6.74. The van der Waals surface area contributed by atoms with Crippen molar-refractivity contribution in [3.05, 3.63) is 35.4 Å². The molecule has 0 saturated heterocycles. The van der Waals surface area contributed by atoms with E-state index in [9.17, 15) is 0 Å². The number of benzene rings is 1. The van der Waals surface area contributed by atoms with Crippen LogP contribution in [0, 0.1) is 12.8 Å². The number of hydrogen-bond acceptors (Lipinski definition) is 2. The highest BCUT2D eigenvalue weighted by Crippen LogP contribution is 2.27. The van der Waals surface area contributed by atoms with Gasteiger partial charge >= 0.3 is 0 Å². The molecule has 0 aliphatic heterocycles. The van der Waals surface area contributed by atoms with Crippen LogP contribution in [-0.2, 0) is 0 Å². The van der Waals surface area contributed by atoms with Gasteiger partial charge in [0.2, 0.25) is 0 Å². The van der Waals surface area contributed by atoms with Gasteiger partial charge in [0, 0.05) is 12.1 Å². The van der Waals surface area contributed by atoms with Crippen LogP contribution in [0.4, 0.5) is 0 Å². The topological polar surface area (TPSA) is 38.0 Å². The van der Waals surface area contributed by atoms with Crippen molar-refractivity contribution >= 4 is 0 Å². The molecule has 1 aliphatic carbocycles. The number of aryl methyl sites for hydroxylation is 1. The van der Waals surface area contributed by atoms with Crippen LogP contribution < -0.4 is 11.1 Å². The van der Waals surface area contributed by atoms with Gasteiger partial charge in [0.15, 0.2) is 0 Å². The molecule has 1 saturated carbocycles. The summed E-state index contributed by atoms with van der Waals surface area (Å²) >= 11 is 0. The zero-order valence-corrected chi connectivity index (χ0v) is 10.9. The van der Waals surface area contributed by atoms with Gasteiger partial charge in [-0.3, -0.25) is 0 Å². The van der Waals surface area contributed by atoms with Gasteiger partial charge in [0.25, 0.3) is 0 Å². The summed E-state index contributed by atoms with van der Waals surface area (Å²) in [5.41, 5.74) is 8.61. The zero-order chi connectivity index (χ0) is 12.3. The molecule has 2 heteroatoms.